The topological polar surface area (TPSA) is 128 Å². The second kappa shape index (κ2) is 8.40. The molecule has 0 unspecified atom stereocenters. The molecule has 13 heteroatoms. The van der Waals surface area contributed by atoms with Gasteiger partial charge in [0.15, 0.2) is 11.6 Å². The van der Waals surface area contributed by atoms with E-state index in [0.717, 1.165) is 30.4 Å². The van der Waals surface area contributed by atoms with Gasteiger partial charge in [0.1, 0.15) is 18.0 Å². The Morgan fingerprint density at radius 3 is 2.66 bits per heavy atom. The molecule has 1 N–H and O–H groups in total. The maximum absolute atomic E-state index is 14.5. The van der Waals surface area contributed by atoms with E-state index < -0.39 is 27.1 Å². The number of rotatable bonds is 6. The Labute approximate surface area is 217 Å². The van der Waals surface area contributed by atoms with E-state index in [4.69, 9.17) is 4.98 Å². The van der Waals surface area contributed by atoms with Crippen LogP contribution in [-0.4, -0.2) is 49.6 Å². The molecule has 0 spiro atoms. The molecule has 1 aromatic carbocycles. The molecule has 4 aromatic rings. The van der Waals surface area contributed by atoms with Crippen LogP contribution in [0.4, 0.5) is 8.78 Å². The van der Waals surface area contributed by atoms with Gasteiger partial charge in [-0.25, -0.2) is 36.6 Å². The van der Waals surface area contributed by atoms with Crippen LogP contribution in [0.5, 0.6) is 0 Å². The van der Waals surface area contributed by atoms with Gasteiger partial charge in [0.2, 0.25) is 10.0 Å². The summed E-state index contributed by atoms with van der Waals surface area (Å²) in [4.78, 5) is 13.5. The molecular formula is C25H24F2N8O2S. The predicted molar refractivity (Wildman–Crippen MR) is 133 cm³/mol. The molecule has 38 heavy (non-hydrogen) atoms. The SMILES string of the molecule is CC1(C)[C@H]2CC[C@]1(c1cncc(-n3cnc(CNS(C)(=O)=O)n3)n1)c1nnc(-c3c(F)cccc3F)cc12. The zero-order chi connectivity index (χ0) is 26.9. The van der Waals surface area contributed by atoms with Crippen molar-refractivity contribution in [1.82, 2.24) is 39.7 Å². The molecule has 196 valence electrons. The normalized spacial score (nSPS) is 21.6. The van der Waals surface area contributed by atoms with Gasteiger partial charge in [-0.15, -0.1) is 10.2 Å². The lowest BCUT2D eigenvalue weighted by atomic mass is 9.66. The maximum Gasteiger partial charge on any atom is 0.209 e. The highest BCUT2D eigenvalue weighted by atomic mass is 32.2. The number of nitrogens with zero attached hydrogens (tertiary/aromatic N) is 7. The first-order chi connectivity index (χ1) is 18.0. The van der Waals surface area contributed by atoms with Crippen LogP contribution in [0.2, 0.25) is 0 Å². The number of hydrogen-bond acceptors (Lipinski definition) is 8. The van der Waals surface area contributed by atoms with E-state index in [-0.39, 0.29) is 35.0 Å². The number of fused-ring (bicyclic) bond motifs is 5. The van der Waals surface area contributed by atoms with Crippen LogP contribution >= 0.6 is 0 Å². The van der Waals surface area contributed by atoms with Gasteiger partial charge in [0.25, 0.3) is 0 Å². The van der Waals surface area contributed by atoms with Gasteiger partial charge in [-0.1, -0.05) is 19.9 Å². The zero-order valence-electron chi connectivity index (χ0n) is 20.9. The molecule has 0 saturated heterocycles. The maximum atomic E-state index is 14.5. The fraction of sp³-hybridized carbons (Fsp3) is 0.360. The molecule has 0 aliphatic heterocycles. The van der Waals surface area contributed by atoms with Gasteiger partial charge in [-0.05, 0) is 47.9 Å². The predicted octanol–water partition coefficient (Wildman–Crippen LogP) is 3.05. The van der Waals surface area contributed by atoms with Gasteiger partial charge in [0.05, 0.1) is 47.1 Å². The van der Waals surface area contributed by atoms with E-state index in [0.29, 0.717) is 11.5 Å². The monoisotopic (exact) mass is 538 g/mol. The lowest BCUT2D eigenvalue weighted by molar-refractivity contribution is 0.242. The van der Waals surface area contributed by atoms with Gasteiger partial charge in [0, 0.05) is 6.20 Å². The van der Waals surface area contributed by atoms with Gasteiger partial charge < -0.3 is 0 Å². The van der Waals surface area contributed by atoms with E-state index in [2.05, 4.69) is 43.8 Å². The molecule has 3 aromatic heterocycles. The van der Waals surface area contributed by atoms with Crippen LogP contribution < -0.4 is 4.72 Å². The smallest absolute Gasteiger partial charge is 0.209 e. The van der Waals surface area contributed by atoms with Crippen molar-refractivity contribution in [2.45, 2.75) is 44.6 Å². The average molecular weight is 539 g/mol. The summed E-state index contributed by atoms with van der Waals surface area (Å²) in [6, 6.07) is 5.49. The van der Waals surface area contributed by atoms with E-state index >= 15 is 0 Å². The Bertz CT molecular complexity index is 1670. The Balaban J connectivity index is 1.41. The van der Waals surface area contributed by atoms with Crippen LogP contribution in [0.1, 0.15) is 55.4 Å². The second-order valence-corrected chi connectivity index (χ2v) is 12.1. The standard InChI is InChI=1S/C25H24F2N8O2S/c1-24(2)15-7-8-25(24,23-14(15)9-18(32-33-23)22-16(26)5-4-6-17(22)27)19-10-28-12-21(31-19)35-13-29-20(34-35)11-30-38(3,36)37/h4-6,9-10,12-13,15,30H,7-8,11H2,1-3H3/t15-,25-/m0/s1. The van der Waals surface area contributed by atoms with Crippen molar-refractivity contribution in [3.8, 4) is 17.1 Å². The van der Waals surface area contributed by atoms with E-state index in [1.165, 1.54) is 29.2 Å². The molecule has 2 aliphatic carbocycles. The summed E-state index contributed by atoms with van der Waals surface area (Å²) in [5.41, 5.74) is 1.37. The van der Waals surface area contributed by atoms with E-state index in [9.17, 15) is 17.2 Å². The minimum absolute atomic E-state index is 0.0501. The first-order valence-corrected chi connectivity index (χ1v) is 13.9. The molecule has 0 amide bonds. The van der Waals surface area contributed by atoms with E-state index in [1.807, 2.05) is 0 Å². The lowest BCUT2D eigenvalue weighted by Gasteiger charge is -2.37. The van der Waals surface area contributed by atoms with Crippen molar-refractivity contribution >= 4 is 10.0 Å². The Morgan fingerprint density at radius 1 is 1.16 bits per heavy atom. The minimum Gasteiger partial charge on any atom is -0.259 e. The highest BCUT2D eigenvalue weighted by Gasteiger charge is 2.65. The molecule has 2 aliphatic rings. The number of halogens is 2. The number of nitrogens with one attached hydrogen (secondary N) is 1. The molecule has 10 nitrogen and oxygen atoms in total. The summed E-state index contributed by atoms with van der Waals surface area (Å²) < 4.78 is 55.6. The molecule has 1 saturated carbocycles. The average Bonchev–Trinajstić information content (AvgIpc) is 3.50. The summed E-state index contributed by atoms with van der Waals surface area (Å²) in [6.45, 7) is 4.24. The summed E-state index contributed by atoms with van der Waals surface area (Å²) in [5, 5.41) is 13.1. The number of hydrogen-bond donors (Lipinski definition) is 1. The Kier molecular flexibility index (Phi) is 5.44. The van der Waals surface area contributed by atoms with Crippen molar-refractivity contribution in [1.29, 1.82) is 0 Å². The fourth-order valence-corrected chi connectivity index (χ4v) is 6.50. The molecule has 6 rings (SSSR count). The highest BCUT2D eigenvalue weighted by molar-refractivity contribution is 7.88. The fourth-order valence-electron chi connectivity index (χ4n) is 6.11. The lowest BCUT2D eigenvalue weighted by Crippen LogP contribution is -2.38. The first-order valence-electron chi connectivity index (χ1n) is 12.0. The number of aromatic nitrogens is 7. The van der Waals surface area contributed by atoms with Crippen molar-refractivity contribution in [2.75, 3.05) is 6.26 Å². The quantitative estimate of drug-likeness (QED) is 0.397. The summed E-state index contributed by atoms with van der Waals surface area (Å²) in [6.07, 6.45) is 7.38. The molecule has 2 atom stereocenters. The number of benzene rings is 1. The molecule has 0 radical (unpaired) electrons. The van der Waals surface area contributed by atoms with Crippen LogP contribution in [-0.2, 0) is 22.0 Å². The van der Waals surface area contributed by atoms with E-state index in [1.54, 1.807) is 18.5 Å². The third kappa shape index (κ3) is 3.63. The van der Waals surface area contributed by atoms with Gasteiger partial charge >= 0.3 is 0 Å². The summed E-state index contributed by atoms with van der Waals surface area (Å²) >= 11 is 0. The van der Waals surface area contributed by atoms with Crippen molar-refractivity contribution in [3.63, 3.8) is 0 Å². The van der Waals surface area contributed by atoms with Gasteiger partial charge in [-0.3, -0.25) is 4.98 Å². The molecule has 1 fully saturated rings. The van der Waals surface area contributed by atoms with Crippen molar-refractivity contribution in [2.24, 2.45) is 5.41 Å². The van der Waals surface area contributed by atoms with Gasteiger partial charge in [-0.2, -0.15) is 5.10 Å². The molecule has 2 bridgehead atoms. The van der Waals surface area contributed by atoms with Crippen LogP contribution in [0.3, 0.4) is 0 Å². The summed E-state index contributed by atoms with van der Waals surface area (Å²) in [5.74, 6) is -0.581. The number of sulfonamides is 1. The molecular weight excluding hydrogens is 514 g/mol. The first kappa shape index (κ1) is 24.6. The third-order valence-electron chi connectivity index (χ3n) is 7.93. The Hall–Kier alpha value is -3.71. The third-order valence-corrected chi connectivity index (χ3v) is 8.60. The van der Waals surface area contributed by atoms with Crippen LogP contribution in [0.15, 0.2) is 43.0 Å². The van der Waals surface area contributed by atoms with Crippen molar-refractivity contribution < 1.29 is 17.2 Å². The summed E-state index contributed by atoms with van der Waals surface area (Å²) in [7, 11) is -3.39. The van der Waals surface area contributed by atoms with Crippen LogP contribution in [0.25, 0.3) is 17.1 Å². The highest BCUT2D eigenvalue weighted by Crippen LogP contribution is 2.69. The van der Waals surface area contributed by atoms with Crippen molar-refractivity contribution in [3.05, 3.63) is 77.4 Å². The zero-order valence-corrected chi connectivity index (χ0v) is 21.7. The van der Waals surface area contributed by atoms with Crippen LogP contribution in [0, 0.1) is 17.0 Å². The minimum atomic E-state index is -3.39. The molecule has 3 heterocycles. The Morgan fingerprint density at radius 2 is 1.92 bits per heavy atom. The second-order valence-electron chi connectivity index (χ2n) is 10.3. The largest absolute Gasteiger partial charge is 0.259 e.